The number of amides is 2. The van der Waals surface area contributed by atoms with E-state index >= 15 is 0 Å². The van der Waals surface area contributed by atoms with Gasteiger partial charge >= 0.3 is 5.97 Å². The Morgan fingerprint density at radius 2 is 1.75 bits per heavy atom. The van der Waals surface area contributed by atoms with Gasteiger partial charge in [-0.15, -0.1) is 0 Å². The number of ether oxygens (including phenoxy) is 3. The van der Waals surface area contributed by atoms with Gasteiger partial charge in [0, 0.05) is 24.4 Å². The fraction of sp³-hybridized carbons (Fsp3) is 0.395. The van der Waals surface area contributed by atoms with Gasteiger partial charge in [-0.1, -0.05) is 72.5 Å². The van der Waals surface area contributed by atoms with E-state index in [0.29, 0.717) is 12.2 Å². The van der Waals surface area contributed by atoms with Gasteiger partial charge in [0.15, 0.2) is 5.60 Å². The van der Waals surface area contributed by atoms with E-state index in [2.05, 4.69) is 17.2 Å². The molecule has 10 heteroatoms. The summed E-state index contributed by atoms with van der Waals surface area (Å²) in [4.78, 5) is 47.5. The van der Waals surface area contributed by atoms with Crippen LogP contribution in [0.1, 0.15) is 47.9 Å². The first kappa shape index (κ1) is 31.9. The molecule has 4 aliphatic rings. The lowest BCUT2D eigenvalue weighted by Crippen LogP contribution is -2.62. The molecule has 2 saturated heterocycles. The maximum absolute atomic E-state index is 14.2. The van der Waals surface area contributed by atoms with Gasteiger partial charge < -0.3 is 25.3 Å². The number of nitrogens with one attached hydrogen (secondary N) is 1. The van der Waals surface area contributed by atoms with Crippen LogP contribution >= 0.6 is 0 Å². The number of carbonyl (C=O) groups excluding carboxylic acids is 3. The average molecular weight is 650 g/mol. The van der Waals surface area contributed by atoms with Crippen LogP contribution in [0.25, 0.3) is 0 Å². The molecule has 2 heterocycles. The van der Waals surface area contributed by atoms with Crippen molar-refractivity contribution in [1.29, 1.82) is 0 Å². The Morgan fingerprint density at radius 3 is 2.46 bits per heavy atom. The number of fused-ring (bicyclic) bond motifs is 2. The van der Waals surface area contributed by atoms with Gasteiger partial charge in [-0.25, -0.2) is 0 Å². The third kappa shape index (κ3) is 6.41. The molecule has 2 aliphatic carbocycles. The number of nitrogens with zero attached hydrogens (tertiary/aromatic N) is 1. The second-order valence-corrected chi connectivity index (χ2v) is 13.0. The zero-order chi connectivity index (χ0) is 33.3. The van der Waals surface area contributed by atoms with Crippen molar-refractivity contribution in [3.63, 3.8) is 0 Å². The van der Waals surface area contributed by atoms with Crippen molar-refractivity contribution in [2.45, 2.75) is 81.1 Å². The normalized spacial score (nSPS) is 27.3. The summed E-state index contributed by atoms with van der Waals surface area (Å²) in [5, 5.41) is 4.70. The molecule has 4 fully saturated rings. The van der Waals surface area contributed by atoms with Gasteiger partial charge in [0.1, 0.15) is 24.0 Å². The van der Waals surface area contributed by atoms with Crippen LogP contribution in [-0.2, 0) is 48.1 Å². The number of epoxide rings is 1. The Kier molecular flexibility index (Phi) is 8.92. The van der Waals surface area contributed by atoms with E-state index in [4.69, 9.17) is 24.8 Å². The first-order valence-corrected chi connectivity index (χ1v) is 16.5. The molecule has 0 spiro atoms. The summed E-state index contributed by atoms with van der Waals surface area (Å²) in [6, 6.07) is 23.9. The molecule has 0 radical (unpaired) electrons. The zero-order valence-electron chi connectivity index (χ0n) is 26.8. The molecule has 6 atom stereocenters. The lowest BCUT2D eigenvalue weighted by molar-refractivity contribution is -0.218. The second kappa shape index (κ2) is 13.4. The van der Waals surface area contributed by atoms with Crippen LogP contribution in [0.4, 0.5) is 0 Å². The van der Waals surface area contributed by atoms with Crippen LogP contribution in [0.15, 0.2) is 78.9 Å². The third-order valence-corrected chi connectivity index (χ3v) is 9.89. The van der Waals surface area contributed by atoms with E-state index in [-0.39, 0.29) is 37.4 Å². The lowest BCUT2D eigenvalue weighted by atomic mass is 9.70. The number of primary amides is 1. The molecule has 2 amide bonds. The summed E-state index contributed by atoms with van der Waals surface area (Å²) in [7, 11) is 1.58. The van der Waals surface area contributed by atoms with Gasteiger partial charge in [-0.3, -0.25) is 19.2 Å². The predicted octanol–water partition coefficient (Wildman–Crippen LogP) is 3.24. The number of nitrogens with two attached hydrogens (primary N) is 1. The van der Waals surface area contributed by atoms with Crippen molar-refractivity contribution >= 4 is 17.8 Å². The summed E-state index contributed by atoms with van der Waals surface area (Å²) in [5.41, 5.74) is 7.97. The van der Waals surface area contributed by atoms with Crippen molar-refractivity contribution in [2.24, 2.45) is 11.7 Å². The Bertz CT molecular complexity index is 1730. The number of hydrogen-bond acceptors (Lipinski definition) is 8. The Labute approximate surface area is 279 Å². The highest BCUT2D eigenvalue weighted by Crippen LogP contribution is 2.54. The molecule has 0 bridgehead atoms. The number of rotatable bonds is 10. The van der Waals surface area contributed by atoms with Gasteiger partial charge in [0.25, 0.3) is 5.91 Å². The number of benzene rings is 3. The quantitative estimate of drug-likeness (QED) is 0.194. The van der Waals surface area contributed by atoms with E-state index in [1.54, 1.807) is 36.4 Å². The Hall–Kier alpha value is -4.69. The van der Waals surface area contributed by atoms with Crippen molar-refractivity contribution in [3.8, 4) is 17.6 Å². The number of methoxy groups -OCH3 is 1. The summed E-state index contributed by atoms with van der Waals surface area (Å²) in [6.07, 6.45) is 1.73. The third-order valence-electron chi connectivity index (χ3n) is 9.89. The summed E-state index contributed by atoms with van der Waals surface area (Å²) < 4.78 is 17.3. The largest absolute Gasteiger partial charge is 0.497 e. The maximum atomic E-state index is 14.2. The molecule has 2 aliphatic heterocycles. The van der Waals surface area contributed by atoms with Crippen molar-refractivity contribution in [2.75, 3.05) is 7.11 Å². The fourth-order valence-corrected chi connectivity index (χ4v) is 7.10. The van der Waals surface area contributed by atoms with Crippen LogP contribution in [0.2, 0.25) is 0 Å². The molecule has 10 nitrogen and oxygen atoms in total. The molecule has 3 aromatic rings. The molecule has 2 saturated carbocycles. The van der Waals surface area contributed by atoms with Crippen LogP contribution < -0.4 is 15.8 Å². The Balaban J connectivity index is 1.18. The smallest absolute Gasteiger partial charge is 0.310 e. The van der Waals surface area contributed by atoms with E-state index in [1.807, 2.05) is 54.6 Å². The van der Waals surface area contributed by atoms with E-state index in [9.17, 15) is 14.4 Å². The minimum Gasteiger partial charge on any atom is -0.497 e. The molecule has 48 heavy (non-hydrogen) atoms. The van der Waals surface area contributed by atoms with Crippen LogP contribution in [-0.4, -0.2) is 66.0 Å². The number of esters is 1. The molecular weight excluding hydrogens is 610 g/mol. The van der Waals surface area contributed by atoms with Gasteiger partial charge in [-0.2, -0.15) is 5.06 Å². The van der Waals surface area contributed by atoms with Crippen molar-refractivity contribution < 1.29 is 33.4 Å². The molecule has 0 unspecified atom stereocenters. The highest BCUT2D eigenvalue weighted by atomic mass is 16.7. The molecular formula is C38H39N3O7. The van der Waals surface area contributed by atoms with Crippen molar-refractivity contribution in [1.82, 2.24) is 10.4 Å². The molecule has 7 rings (SSSR count). The van der Waals surface area contributed by atoms with Crippen LogP contribution in [0.5, 0.6) is 5.75 Å². The summed E-state index contributed by atoms with van der Waals surface area (Å²) in [6.45, 7) is 0.160. The van der Waals surface area contributed by atoms with Gasteiger partial charge in [0.2, 0.25) is 5.91 Å². The molecule has 3 N–H and O–H groups in total. The maximum Gasteiger partial charge on any atom is 0.310 e. The lowest BCUT2D eigenvalue weighted by Gasteiger charge is -2.38. The zero-order valence-corrected chi connectivity index (χ0v) is 26.8. The van der Waals surface area contributed by atoms with Crippen LogP contribution in [0.3, 0.4) is 0 Å². The number of hydroxylamine groups is 2. The Morgan fingerprint density at radius 1 is 1.00 bits per heavy atom. The van der Waals surface area contributed by atoms with Crippen LogP contribution in [0, 0.1) is 17.8 Å². The average Bonchev–Trinajstić information content (AvgIpc) is 3.76. The summed E-state index contributed by atoms with van der Waals surface area (Å²) >= 11 is 0. The summed E-state index contributed by atoms with van der Waals surface area (Å²) in [5.74, 6) is 4.80. The van der Waals surface area contributed by atoms with Crippen molar-refractivity contribution in [3.05, 3.63) is 101 Å². The van der Waals surface area contributed by atoms with E-state index in [1.165, 1.54) is 0 Å². The highest BCUT2D eigenvalue weighted by molar-refractivity contribution is 5.89. The van der Waals surface area contributed by atoms with Gasteiger partial charge in [0.05, 0.1) is 32.1 Å². The molecule has 248 valence electrons. The SMILES string of the molecule is COc1ccc(CC(=O)O[C@@H]2[C@H]3O[C@H]3C[C@]3(C(N)=O)ON(Cc4ccccc4C#CCc4ccccc4)[C@H](C(=O)NC4CCC4)[C@H]23)cc1. The first-order valence-electron chi connectivity index (χ1n) is 16.5. The topological polar surface area (TPSA) is 133 Å². The molecule has 3 aromatic carbocycles. The highest BCUT2D eigenvalue weighted by Gasteiger charge is 2.73. The van der Waals surface area contributed by atoms with Gasteiger partial charge in [-0.05, 0) is 54.2 Å². The minimum atomic E-state index is -1.61. The number of carbonyl (C=O) groups is 3. The molecule has 0 aromatic heterocycles. The van der Waals surface area contributed by atoms with E-state index in [0.717, 1.165) is 41.5 Å². The fourth-order valence-electron chi connectivity index (χ4n) is 7.10. The monoisotopic (exact) mass is 649 g/mol. The van der Waals surface area contributed by atoms with E-state index < -0.39 is 41.6 Å². The second-order valence-electron chi connectivity index (χ2n) is 13.0. The minimum absolute atomic E-state index is 0.00723. The standard InChI is InChI=1S/C38H39N3O7/c1-45-29-19-17-25(18-20-29)21-31(42)47-35-32-33(36(43)40-28-15-8-16-28)41(48-38(32,37(39)44)22-30-34(35)46-30)23-27-13-6-5-12-26(27)14-7-11-24-9-3-2-4-10-24/h2-6,9-10,12-13,17-20,28,30,32-35H,8,11,15-16,21-23H2,1H3,(H2,39,44)(H,40,43)/t30-,32+,33-,34-,35-,38-/m0/s1. The number of hydrogen-bond donors (Lipinski definition) is 2. The first-order chi connectivity index (χ1) is 23.3. The predicted molar refractivity (Wildman–Crippen MR) is 175 cm³/mol.